The number of carbonyl (C=O) groups is 1. The van der Waals surface area contributed by atoms with Gasteiger partial charge in [-0.15, -0.1) is 0 Å². The second kappa shape index (κ2) is 18.5. The molecule has 7 heteroatoms. The van der Waals surface area contributed by atoms with E-state index in [1.807, 2.05) is 0 Å². The van der Waals surface area contributed by atoms with E-state index in [1.54, 1.807) is 0 Å². The molecule has 2 aliphatic rings. The minimum atomic E-state index is -0.486. The molecule has 2 saturated carbocycles. The minimum absolute atomic E-state index is 0.244. The molecule has 0 amide bonds. The zero-order chi connectivity index (χ0) is 24.6. The van der Waals surface area contributed by atoms with Crippen molar-refractivity contribution in [1.29, 1.82) is 0 Å². The smallest absolute Gasteiger partial charge is 0.311 e. The fraction of sp³-hybridized carbons (Fsp3) is 0.963. The highest BCUT2D eigenvalue weighted by atomic mass is 79.9. The first-order valence-electron chi connectivity index (χ1n) is 13.9. The van der Waals surface area contributed by atoms with Gasteiger partial charge in [0, 0.05) is 9.65 Å². The highest BCUT2D eigenvalue weighted by molar-refractivity contribution is 9.09. The zero-order valence-electron chi connectivity index (χ0n) is 21.2. The maximum atomic E-state index is 13.1. The molecule has 2 fully saturated rings. The van der Waals surface area contributed by atoms with Crippen LogP contribution in [0.5, 0.6) is 0 Å². The van der Waals surface area contributed by atoms with Crippen LogP contribution in [0.1, 0.15) is 116 Å². The van der Waals surface area contributed by atoms with Crippen molar-refractivity contribution < 1.29 is 24.4 Å². The molecular weight excluding hydrogens is 564 g/mol. The van der Waals surface area contributed by atoms with Gasteiger partial charge in [-0.1, -0.05) is 83.7 Å². The molecule has 0 bridgehead atoms. The highest BCUT2D eigenvalue weighted by Gasteiger charge is 2.34. The number of unbranched alkanes of at least 4 members (excludes halogenated alkanes) is 6. The molecule has 0 spiro atoms. The third-order valence-corrected chi connectivity index (χ3v) is 9.46. The Balaban J connectivity index is 1.79. The Morgan fingerprint density at radius 1 is 0.853 bits per heavy atom. The summed E-state index contributed by atoms with van der Waals surface area (Å²) in [6.45, 7) is 2.94. The molecule has 0 aromatic rings. The molecule has 5 nitrogen and oxygen atoms in total. The SMILES string of the molecule is CCCCCCCCCC(C(=O)OCCOC1CCC(Br)CC1)C(CC1CCC(Br)CC1)OO. The lowest BCUT2D eigenvalue weighted by molar-refractivity contribution is -0.294. The molecule has 2 atom stereocenters. The second-order valence-corrected chi connectivity index (χ2v) is 13.0. The number of halogens is 2. The maximum Gasteiger partial charge on any atom is 0.311 e. The van der Waals surface area contributed by atoms with Gasteiger partial charge in [0.15, 0.2) is 0 Å². The van der Waals surface area contributed by atoms with E-state index in [4.69, 9.17) is 14.4 Å². The van der Waals surface area contributed by atoms with Gasteiger partial charge in [-0.05, 0) is 70.1 Å². The lowest BCUT2D eigenvalue weighted by Gasteiger charge is -2.30. The Morgan fingerprint density at radius 3 is 2.06 bits per heavy atom. The summed E-state index contributed by atoms with van der Waals surface area (Å²) in [5, 5.41) is 9.75. The van der Waals surface area contributed by atoms with Crippen molar-refractivity contribution in [2.75, 3.05) is 13.2 Å². The molecule has 2 aliphatic carbocycles. The third kappa shape index (κ3) is 12.5. The number of hydrogen-bond acceptors (Lipinski definition) is 5. The molecule has 0 radical (unpaired) electrons. The first kappa shape index (κ1) is 30.5. The van der Waals surface area contributed by atoms with Gasteiger partial charge in [0.25, 0.3) is 0 Å². The predicted molar refractivity (Wildman–Crippen MR) is 145 cm³/mol. The van der Waals surface area contributed by atoms with Crippen LogP contribution < -0.4 is 0 Å². The third-order valence-electron chi connectivity index (χ3n) is 7.63. The number of ether oxygens (including phenoxy) is 2. The fourth-order valence-corrected chi connectivity index (χ4v) is 6.45. The van der Waals surface area contributed by atoms with Gasteiger partial charge in [-0.3, -0.25) is 10.1 Å². The zero-order valence-corrected chi connectivity index (χ0v) is 24.4. The molecule has 1 N–H and O–H groups in total. The Labute approximate surface area is 224 Å². The minimum Gasteiger partial charge on any atom is -0.463 e. The van der Waals surface area contributed by atoms with Gasteiger partial charge in [0.1, 0.15) is 12.7 Å². The summed E-state index contributed by atoms with van der Waals surface area (Å²) in [6.07, 6.45) is 18.5. The molecule has 0 heterocycles. The quantitative estimate of drug-likeness (QED) is 0.0590. The summed E-state index contributed by atoms with van der Waals surface area (Å²) in [7, 11) is 0. The van der Waals surface area contributed by atoms with Crippen molar-refractivity contribution in [2.24, 2.45) is 11.8 Å². The summed E-state index contributed by atoms with van der Waals surface area (Å²) in [6, 6.07) is 0. The van der Waals surface area contributed by atoms with Gasteiger partial charge < -0.3 is 9.47 Å². The first-order valence-corrected chi connectivity index (χ1v) is 15.7. The number of hydrogen-bond donors (Lipinski definition) is 1. The van der Waals surface area contributed by atoms with Crippen LogP contribution >= 0.6 is 31.9 Å². The molecule has 34 heavy (non-hydrogen) atoms. The van der Waals surface area contributed by atoms with Crippen molar-refractivity contribution in [2.45, 2.75) is 138 Å². The Kier molecular flexibility index (Phi) is 16.6. The average Bonchev–Trinajstić information content (AvgIpc) is 2.84. The monoisotopic (exact) mass is 610 g/mol. The molecule has 2 rings (SSSR count). The fourth-order valence-electron chi connectivity index (χ4n) is 5.40. The van der Waals surface area contributed by atoms with E-state index < -0.39 is 12.0 Å². The van der Waals surface area contributed by atoms with Crippen LogP contribution in [0.15, 0.2) is 0 Å². The maximum absolute atomic E-state index is 13.1. The average molecular weight is 612 g/mol. The Morgan fingerprint density at radius 2 is 1.44 bits per heavy atom. The normalized spacial score (nSPS) is 27.3. The van der Waals surface area contributed by atoms with Gasteiger partial charge in [-0.25, -0.2) is 4.89 Å². The number of alkyl halides is 2. The Hall–Kier alpha value is 0.310. The molecular formula is C27H48Br2O5. The predicted octanol–water partition coefficient (Wildman–Crippen LogP) is 8.21. The van der Waals surface area contributed by atoms with Gasteiger partial charge in [0.2, 0.25) is 0 Å². The van der Waals surface area contributed by atoms with E-state index in [0.717, 1.165) is 70.6 Å². The molecule has 0 aromatic carbocycles. The van der Waals surface area contributed by atoms with E-state index in [0.29, 0.717) is 28.6 Å². The van der Waals surface area contributed by atoms with Gasteiger partial charge >= 0.3 is 5.97 Å². The van der Waals surface area contributed by atoms with Crippen LogP contribution in [0.4, 0.5) is 0 Å². The first-order chi connectivity index (χ1) is 16.5. The van der Waals surface area contributed by atoms with Crippen molar-refractivity contribution in [3.05, 3.63) is 0 Å². The van der Waals surface area contributed by atoms with Crippen LogP contribution in [-0.2, 0) is 19.2 Å². The summed E-state index contributed by atoms with van der Waals surface area (Å²) >= 11 is 7.39. The van der Waals surface area contributed by atoms with E-state index in [9.17, 15) is 10.1 Å². The van der Waals surface area contributed by atoms with Crippen molar-refractivity contribution in [3.63, 3.8) is 0 Å². The van der Waals surface area contributed by atoms with Crippen molar-refractivity contribution >= 4 is 37.8 Å². The Bertz CT molecular complexity index is 519. The second-order valence-electron chi connectivity index (χ2n) is 10.4. The van der Waals surface area contributed by atoms with Gasteiger partial charge in [0.05, 0.1) is 18.6 Å². The summed E-state index contributed by atoms with van der Waals surface area (Å²) in [4.78, 5) is 19.2. The molecule has 0 aromatic heterocycles. The van der Waals surface area contributed by atoms with Crippen LogP contribution in [0, 0.1) is 11.8 Å². The van der Waals surface area contributed by atoms with Crippen LogP contribution in [0.25, 0.3) is 0 Å². The summed E-state index contributed by atoms with van der Waals surface area (Å²) < 4.78 is 11.6. The largest absolute Gasteiger partial charge is 0.463 e. The highest BCUT2D eigenvalue weighted by Crippen LogP contribution is 2.34. The van der Waals surface area contributed by atoms with E-state index in [-0.39, 0.29) is 18.7 Å². The number of rotatable bonds is 17. The van der Waals surface area contributed by atoms with E-state index >= 15 is 0 Å². The van der Waals surface area contributed by atoms with Gasteiger partial charge in [-0.2, -0.15) is 0 Å². The number of esters is 1. The molecule has 200 valence electrons. The summed E-state index contributed by atoms with van der Waals surface area (Å²) in [5.41, 5.74) is 0. The lowest BCUT2D eigenvalue weighted by Crippen LogP contribution is -2.35. The molecule has 0 aliphatic heterocycles. The van der Waals surface area contributed by atoms with Crippen molar-refractivity contribution in [1.82, 2.24) is 0 Å². The summed E-state index contributed by atoms with van der Waals surface area (Å²) in [5.74, 6) is -0.165. The van der Waals surface area contributed by atoms with E-state index in [1.165, 1.54) is 32.1 Å². The number of carbonyl (C=O) groups excluding carboxylic acids is 1. The standard InChI is InChI=1S/C27H48Br2O5/c1-2-3-4-5-6-7-8-9-25(26(34-31)20-21-10-12-22(28)13-11-21)27(30)33-19-18-32-24-16-14-23(29)15-17-24/h21-26,31H,2-20H2,1H3. The molecule has 2 unspecified atom stereocenters. The lowest BCUT2D eigenvalue weighted by atomic mass is 9.81. The topological polar surface area (TPSA) is 65.0 Å². The van der Waals surface area contributed by atoms with Crippen LogP contribution in [0.3, 0.4) is 0 Å². The van der Waals surface area contributed by atoms with E-state index in [2.05, 4.69) is 38.8 Å². The van der Waals surface area contributed by atoms with Crippen LogP contribution in [-0.4, -0.2) is 46.3 Å². The molecule has 0 saturated heterocycles. The van der Waals surface area contributed by atoms with Crippen molar-refractivity contribution in [3.8, 4) is 0 Å². The van der Waals surface area contributed by atoms with Crippen LogP contribution in [0.2, 0.25) is 0 Å².